The van der Waals surface area contributed by atoms with Crippen LogP contribution in [0.5, 0.6) is 0 Å². The van der Waals surface area contributed by atoms with Gasteiger partial charge in [0.15, 0.2) is 0 Å². The summed E-state index contributed by atoms with van der Waals surface area (Å²) in [5.74, 6) is -0.256. The van der Waals surface area contributed by atoms with Gasteiger partial charge in [-0.1, -0.05) is 28.1 Å². The van der Waals surface area contributed by atoms with Crippen LogP contribution in [-0.4, -0.2) is 21.4 Å². The topological polar surface area (TPSA) is 75.3 Å². The number of halogens is 1. The van der Waals surface area contributed by atoms with Crippen molar-refractivity contribution in [3.8, 4) is 0 Å². The third-order valence-corrected chi connectivity index (χ3v) is 4.96. The van der Waals surface area contributed by atoms with Crippen LogP contribution in [0.2, 0.25) is 0 Å². The third-order valence-electron chi connectivity index (χ3n) is 3.04. The fraction of sp³-hybridized carbons (Fsp3) is 0.133. The Labute approximate surface area is 137 Å². The molecule has 0 unspecified atom stereocenters. The maximum atomic E-state index is 12.0. The molecule has 2 rings (SSSR count). The fourth-order valence-corrected chi connectivity index (χ4v) is 3.01. The second-order valence-corrected chi connectivity index (χ2v) is 7.35. The minimum absolute atomic E-state index is 0.124. The summed E-state index contributed by atoms with van der Waals surface area (Å²) in [4.78, 5) is 12.2. The van der Waals surface area contributed by atoms with Crippen molar-refractivity contribution in [3.05, 3.63) is 64.1 Å². The van der Waals surface area contributed by atoms with Gasteiger partial charge in [-0.2, -0.15) is 0 Å². The van der Waals surface area contributed by atoms with E-state index in [2.05, 4.69) is 26.0 Å². The van der Waals surface area contributed by atoms with E-state index in [0.29, 0.717) is 12.1 Å². The normalized spacial score (nSPS) is 11.2. The van der Waals surface area contributed by atoms with Gasteiger partial charge in [0.25, 0.3) is 5.91 Å². The molecule has 2 N–H and O–H groups in total. The largest absolute Gasteiger partial charge is 0.348 e. The number of carbonyl (C=O) groups excluding carboxylic acids is 1. The number of hydrogen-bond donors (Lipinski definition) is 2. The van der Waals surface area contributed by atoms with E-state index >= 15 is 0 Å². The quantitative estimate of drug-likeness (QED) is 0.832. The summed E-state index contributed by atoms with van der Waals surface area (Å²) < 4.78 is 26.4. The Kier molecular flexibility index (Phi) is 5.33. The first-order valence-corrected chi connectivity index (χ1v) is 8.76. The van der Waals surface area contributed by atoms with E-state index in [1.54, 1.807) is 0 Å². The SMILES string of the molecule is CNS(=O)(=O)c1ccc(C(=O)NCc2cccc(Br)c2)cc1. The minimum atomic E-state index is -3.49. The lowest BCUT2D eigenvalue weighted by molar-refractivity contribution is 0.0951. The van der Waals surface area contributed by atoms with Crippen LogP contribution in [0.25, 0.3) is 0 Å². The molecule has 0 saturated heterocycles. The molecule has 0 bridgehead atoms. The van der Waals surface area contributed by atoms with Gasteiger partial charge in [-0.3, -0.25) is 4.79 Å². The maximum absolute atomic E-state index is 12.0. The Morgan fingerprint density at radius 1 is 1.14 bits per heavy atom. The van der Waals surface area contributed by atoms with E-state index < -0.39 is 10.0 Å². The fourth-order valence-electron chi connectivity index (χ4n) is 1.83. The van der Waals surface area contributed by atoms with Crippen LogP contribution in [0.1, 0.15) is 15.9 Å². The second kappa shape index (κ2) is 7.04. The molecule has 22 heavy (non-hydrogen) atoms. The van der Waals surface area contributed by atoms with E-state index in [1.807, 2.05) is 24.3 Å². The predicted molar refractivity (Wildman–Crippen MR) is 88.0 cm³/mol. The van der Waals surface area contributed by atoms with Crippen LogP contribution in [0.3, 0.4) is 0 Å². The van der Waals surface area contributed by atoms with Gasteiger partial charge >= 0.3 is 0 Å². The number of carbonyl (C=O) groups is 1. The van der Waals surface area contributed by atoms with Crippen molar-refractivity contribution in [2.75, 3.05) is 7.05 Å². The van der Waals surface area contributed by atoms with Crippen molar-refractivity contribution >= 4 is 31.9 Å². The number of sulfonamides is 1. The average molecular weight is 383 g/mol. The van der Waals surface area contributed by atoms with Gasteiger partial charge in [0, 0.05) is 16.6 Å². The second-order valence-electron chi connectivity index (χ2n) is 4.54. The van der Waals surface area contributed by atoms with Crippen LogP contribution in [0.15, 0.2) is 57.9 Å². The van der Waals surface area contributed by atoms with E-state index in [1.165, 1.54) is 31.3 Å². The molecule has 0 saturated carbocycles. The summed E-state index contributed by atoms with van der Waals surface area (Å²) in [7, 11) is -2.15. The molecule has 5 nitrogen and oxygen atoms in total. The van der Waals surface area contributed by atoms with Gasteiger partial charge in [-0.15, -0.1) is 0 Å². The molecule has 2 aromatic carbocycles. The molecule has 1 amide bonds. The standard InChI is InChI=1S/C15H15BrN2O3S/c1-17-22(20,21)14-7-5-12(6-8-14)15(19)18-10-11-3-2-4-13(16)9-11/h2-9,17H,10H2,1H3,(H,18,19). The highest BCUT2D eigenvalue weighted by atomic mass is 79.9. The van der Waals surface area contributed by atoms with E-state index in [-0.39, 0.29) is 10.8 Å². The molecule has 0 aliphatic rings. The lowest BCUT2D eigenvalue weighted by atomic mass is 10.2. The Balaban J connectivity index is 2.04. The molecular weight excluding hydrogens is 368 g/mol. The summed E-state index contributed by atoms with van der Waals surface area (Å²) in [5.41, 5.74) is 1.38. The number of benzene rings is 2. The van der Waals surface area contributed by atoms with E-state index in [9.17, 15) is 13.2 Å². The summed E-state index contributed by atoms with van der Waals surface area (Å²) in [5, 5.41) is 2.79. The molecular formula is C15H15BrN2O3S. The molecule has 0 aromatic heterocycles. The summed E-state index contributed by atoms with van der Waals surface area (Å²) in [6.07, 6.45) is 0. The summed E-state index contributed by atoms with van der Waals surface area (Å²) >= 11 is 3.37. The number of hydrogen-bond acceptors (Lipinski definition) is 3. The van der Waals surface area contributed by atoms with Crippen molar-refractivity contribution in [2.45, 2.75) is 11.4 Å². The van der Waals surface area contributed by atoms with Crippen LogP contribution >= 0.6 is 15.9 Å². The number of nitrogens with one attached hydrogen (secondary N) is 2. The zero-order valence-corrected chi connectivity index (χ0v) is 14.2. The summed E-state index contributed by atoms with van der Waals surface area (Å²) in [6.45, 7) is 0.398. The van der Waals surface area contributed by atoms with Gasteiger partial charge < -0.3 is 5.32 Å². The zero-order chi connectivity index (χ0) is 16.2. The number of amides is 1. The molecule has 0 aliphatic heterocycles. The van der Waals surface area contributed by atoms with Crippen LogP contribution in [0.4, 0.5) is 0 Å². The van der Waals surface area contributed by atoms with Crippen molar-refractivity contribution in [1.29, 1.82) is 0 Å². The lowest BCUT2D eigenvalue weighted by Crippen LogP contribution is -2.23. The van der Waals surface area contributed by atoms with E-state index in [0.717, 1.165) is 10.0 Å². The van der Waals surface area contributed by atoms with Crippen molar-refractivity contribution in [3.63, 3.8) is 0 Å². The van der Waals surface area contributed by atoms with Gasteiger partial charge in [-0.25, -0.2) is 13.1 Å². The van der Waals surface area contributed by atoms with Crippen molar-refractivity contribution < 1.29 is 13.2 Å². The maximum Gasteiger partial charge on any atom is 0.251 e. The molecule has 0 radical (unpaired) electrons. The van der Waals surface area contributed by atoms with Crippen molar-refractivity contribution in [1.82, 2.24) is 10.0 Å². The molecule has 0 atom stereocenters. The highest BCUT2D eigenvalue weighted by Gasteiger charge is 2.12. The molecule has 116 valence electrons. The molecule has 0 spiro atoms. The zero-order valence-electron chi connectivity index (χ0n) is 11.8. The van der Waals surface area contributed by atoms with Gasteiger partial charge in [0.2, 0.25) is 10.0 Å². The highest BCUT2D eigenvalue weighted by molar-refractivity contribution is 9.10. The van der Waals surface area contributed by atoms with Gasteiger partial charge in [0.05, 0.1) is 4.90 Å². The van der Waals surface area contributed by atoms with Gasteiger partial charge in [0.1, 0.15) is 0 Å². The third kappa shape index (κ3) is 4.16. The first-order valence-electron chi connectivity index (χ1n) is 6.48. The molecule has 0 aliphatic carbocycles. The summed E-state index contributed by atoms with van der Waals surface area (Å²) in [6, 6.07) is 13.4. The van der Waals surface area contributed by atoms with Crippen molar-refractivity contribution in [2.24, 2.45) is 0 Å². The van der Waals surface area contributed by atoms with Crippen LogP contribution < -0.4 is 10.0 Å². The van der Waals surface area contributed by atoms with Crippen LogP contribution in [0, 0.1) is 0 Å². The Bertz CT molecular complexity index is 774. The Morgan fingerprint density at radius 2 is 1.82 bits per heavy atom. The highest BCUT2D eigenvalue weighted by Crippen LogP contribution is 2.12. The lowest BCUT2D eigenvalue weighted by Gasteiger charge is -2.07. The molecule has 0 heterocycles. The molecule has 0 fully saturated rings. The first kappa shape index (κ1) is 16.7. The monoisotopic (exact) mass is 382 g/mol. The van der Waals surface area contributed by atoms with Gasteiger partial charge in [-0.05, 0) is 49.0 Å². The Morgan fingerprint density at radius 3 is 2.41 bits per heavy atom. The minimum Gasteiger partial charge on any atom is -0.348 e. The average Bonchev–Trinajstić information content (AvgIpc) is 2.53. The smallest absolute Gasteiger partial charge is 0.251 e. The van der Waals surface area contributed by atoms with E-state index in [4.69, 9.17) is 0 Å². The first-order chi connectivity index (χ1) is 10.4. The van der Waals surface area contributed by atoms with Crippen LogP contribution in [-0.2, 0) is 16.6 Å². The molecule has 2 aromatic rings. The number of rotatable bonds is 5. The Hall–Kier alpha value is -1.70. The molecule has 7 heteroatoms. The predicted octanol–water partition coefficient (Wildman–Crippen LogP) is 2.29.